The van der Waals surface area contributed by atoms with Crippen molar-refractivity contribution in [2.75, 3.05) is 13.7 Å². The predicted molar refractivity (Wildman–Crippen MR) is 67.6 cm³/mol. The van der Waals surface area contributed by atoms with Crippen LogP contribution in [0.15, 0.2) is 0 Å². The lowest BCUT2D eigenvalue weighted by molar-refractivity contribution is -0.549. The minimum absolute atomic E-state index is 0.0315. The van der Waals surface area contributed by atoms with Gasteiger partial charge in [0.25, 0.3) is 0 Å². The van der Waals surface area contributed by atoms with Gasteiger partial charge in [0.05, 0.1) is 17.9 Å². The van der Waals surface area contributed by atoms with Crippen molar-refractivity contribution in [3.8, 4) is 0 Å². The highest BCUT2D eigenvalue weighted by molar-refractivity contribution is 5.83. The first-order valence-corrected chi connectivity index (χ1v) is 6.75. The number of hydrogen-bond acceptors (Lipinski definition) is 6. The number of hydrogen-bond donors (Lipinski definition) is 0. The summed E-state index contributed by atoms with van der Waals surface area (Å²) >= 11 is 0. The van der Waals surface area contributed by atoms with Crippen LogP contribution in [0, 0.1) is 21.4 Å². The fourth-order valence-electron chi connectivity index (χ4n) is 3.37. The summed E-state index contributed by atoms with van der Waals surface area (Å²) < 4.78 is 10.2. The molecule has 7 heteroatoms. The van der Waals surface area contributed by atoms with E-state index in [-0.39, 0.29) is 18.6 Å². The van der Waals surface area contributed by atoms with Gasteiger partial charge in [-0.3, -0.25) is 19.7 Å². The second kappa shape index (κ2) is 5.47. The number of rotatable bonds is 3. The maximum Gasteiger partial charge on any atom is 0.312 e. The minimum Gasteiger partial charge on any atom is -0.465 e. The first kappa shape index (κ1) is 14.9. The Kier molecular flexibility index (Phi) is 4.08. The molecule has 1 aliphatic carbocycles. The molecule has 1 saturated heterocycles. The van der Waals surface area contributed by atoms with Crippen molar-refractivity contribution >= 4 is 11.8 Å². The van der Waals surface area contributed by atoms with Crippen LogP contribution in [0.25, 0.3) is 0 Å². The van der Waals surface area contributed by atoms with Gasteiger partial charge in [0.1, 0.15) is 11.9 Å². The molecular formula is C13H19NO6. The zero-order chi connectivity index (χ0) is 14.9. The summed E-state index contributed by atoms with van der Waals surface area (Å²) in [5, 5.41) is 11.4. The fraction of sp³-hybridized carbons (Fsp3) is 0.846. The molecule has 1 heterocycles. The second-order valence-electron chi connectivity index (χ2n) is 5.76. The highest BCUT2D eigenvalue weighted by atomic mass is 16.6. The SMILES string of the molecule is COC1CC(=O)CC([C@@]2(C)CCCOC2=O)C1[N+](=O)[O-]. The van der Waals surface area contributed by atoms with Crippen LogP contribution in [0.4, 0.5) is 0 Å². The standard InChI is InChI=1S/C13H19NO6/c1-13(4-3-5-20-12(13)16)9-6-8(15)7-10(19-2)11(9)14(17)18/h9-11H,3-7H2,1-2H3/t9?,10?,11?,13-/m1/s1. The van der Waals surface area contributed by atoms with Gasteiger partial charge in [-0.25, -0.2) is 0 Å². The molecule has 20 heavy (non-hydrogen) atoms. The summed E-state index contributed by atoms with van der Waals surface area (Å²) in [6.07, 6.45) is 0.461. The molecule has 2 aliphatic rings. The quantitative estimate of drug-likeness (QED) is 0.435. The molecule has 0 aromatic carbocycles. The van der Waals surface area contributed by atoms with E-state index in [2.05, 4.69) is 0 Å². The van der Waals surface area contributed by atoms with E-state index in [1.54, 1.807) is 6.92 Å². The molecule has 0 bridgehead atoms. The maximum absolute atomic E-state index is 12.1. The van der Waals surface area contributed by atoms with E-state index in [1.807, 2.05) is 0 Å². The van der Waals surface area contributed by atoms with Crippen LogP contribution in [-0.2, 0) is 19.1 Å². The summed E-state index contributed by atoms with van der Waals surface area (Å²) in [7, 11) is 1.36. The Morgan fingerprint density at radius 1 is 1.40 bits per heavy atom. The largest absolute Gasteiger partial charge is 0.465 e. The fourth-order valence-corrected chi connectivity index (χ4v) is 3.37. The molecule has 1 aliphatic heterocycles. The van der Waals surface area contributed by atoms with E-state index in [4.69, 9.17) is 9.47 Å². The Hall–Kier alpha value is -1.50. The van der Waals surface area contributed by atoms with Crippen LogP contribution in [0.5, 0.6) is 0 Å². The van der Waals surface area contributed by atoms with Gasteiger partial charge in [-0.2, -0.15) is 0 Å². The number of esters is 1. The van der Waals surface area contributed by atoms with Gasteiger partial charge in [-0.05, 0) is 19.8 Å². The van der Waals surface area contributed by atoms with E-state index in [0.29, 0.717) is 19.4 Å². The Balaban J connectivity index is 2.36. The molecule has 112 valence electrons. The van der Waals surface area contributed by atoms with Crippen LogP contribution in [0.3, 0.4) is 0 Å². The van der Waals surface area contributed by atoms with Gasteiger partial charge >= 0.3 is 5.97 Å². The van der Waals surface area contributed by atoms with Crippen LogP contribution >= 0.6 is 0 Å². The summed E-state index contributed by atoms with van der Waals surface area (Å²) in [6, 6.07) is -1.05. The number of Topliss-reactive ketones (excluding diaryl/α,β-unsaturated/α-hetero) is 1. The van der Waals surface area contributed by atoms with Crippen molar-refractivity contribution in [1.29, 1.82) is 0 Å². The number of ether oxygens (including phenoxy) is 2. The first-order valence-electron chi connectivity index (χ1n) is 6.75. The zero-order valence-electron chi connectivity index (χ0n) is 11.7. The number of methoxy groups -OCH3 is 1. The maximum atomic E-state index is 12.1. The van der Waals surface area contributed by atoms with Crippen LogP contribution in [-0.4, -0.2) is 42.5 Å². The Labute approximate surface area is 116 Å². The molecule has 0 radical (unpaired) electrons. The number of ketones is 1. The molecule has 3 unspecified atom stereocenters. The molecule has 0 N–H and O–H groups in total. The molecule has 0 aromatic rings. The van der Waals surface area contributed by atoms with Crippen molar-refractivity contribution in [3.05, 3.63) is 10.1 Å². The van der Waals surface area contributed by atoms with Crippen molar-refractivity contribution in [3.63, 3.8) is 0 Å². The average molecular weight is 285 g/mol. The topological polar surface area (TPSA) is 95.7 Å². The predicted octanol–water partition coefficient (Wildman–Crippen LogP) is 0.969. The monoisotopic (exact) mass is 285 g/mol. The first-order chi connectivity index (χ1) is 9.40. The van der Waals surface area contributed by atoms with Crippen LogP contribution < -0.4 is 0 Å². The second-order valence-corrected chi connectivity index (χ2v) is 5.76. The van der Waals surface area contributed by atoms with Crippen molar-refractivity contribution in [2.45, 2.75) is 44.8 Å². The molecule has 2 fully saturated rings. The van der Waals surface area contributed by atoms with Crippen molar-refractivity contribution in [1.82, 2.24) is 0 Å². The lowest BCUT2D eigenvalue weighted by atomic mass is 9.64. The third-order valence-electron chi connectivity index (χ3n) is 4.57. The molecule has 2 rings (SSSR count). The summed E-state index contributed by atoms with van der Waals surface area (Å²) in [5.74, 6) is -1.21. The summed E-state index contributed by atoms with van der Waals surface area (Å²) in [6.45, 7) is 2.01. The third-order valence-corrected chi connectivity index (χ3v) is 4.57. The van der Waals surface area contributed by atoms with E-state index < -0.39 is 34.4 Å². The molecular weight excluding hydrogens is 266 g/mol. The Morgan fingerprint density at radius 2 is 2.10 bits per heavy atom. The third kappa shape index (κ3) is 2.42. The van der Waals surface area contributed by atoms with Gasteiger partial charge in [-0.1, -0.05) is 0 Å². The average Bonchev–Trinajstić information content (AvgIpc) is 2.40. The number of nitro groups is 1. The summed E-state index contributed by atoms with van der Waals surface area (Å²) in [4.78, 5) is 34.9. The van der Waals surface area contributed by atoms with Crippen LogP contribution in [0.1, 0.15) is 32.6 Å². The molecule has 0 spiro atoms. The lowest BCUT2D eigenvalue weighted by Gasteiger charge is -2.42. The van der Waals surface area contributed by atoms with Gasteiger partial charge in [0.2, 0.25) is 6.04 Å². The number of nitrogens with zero attached hydrogens (tertiary/aromatic N) is 1. The van der Waals surface area contributed by atoms with Gasteiger partial charge in [-0.15, -0.1) is 0 Å². The molecule has 0 amide bonds. The van der Waals surface area contributed by atoms with Crippen molar-refractivity contribution in [2.24, 2.45) is 11.3 Å². The van der Waals surface area contributed by atoms with Gasteiger partial charge in [0.15, 0.2) is 0 Å². The van der Waals surface area contributed by atoms with Gasteiger partial charge < -0.3 is 9.47 Å². The highest BCUT2D eigenvalue weighted by Crippen LogP contribution is 2.45. The Morgan fingerprint density at radius 3 is 2.65 bits per heavy atom. The molecule has 0 aromatic heterocycles. The van der Waals surface area contributed by atoms with E-state index in [1.165, 1.54) is 7.11 Å². The van der Waals surface area contributed by atoms with Crippen molar-refractivity contribution < 1.29 is 24.0 Å². The van der Waals surface area contributed by atoms with E-state index in [0.717, 1.165) is 0 Å². The summed E-state index contributed by atoms with van der Waals surface area (Å²) in [5.41, 5.74) is -0.983. The van der Waals surface area contributed by atoms with E-state index >= 15 is 0 Å². The molecule has 7 nitrogen and oxygen atoms in total. The minimum atomic E-state index is -1.05. The smallest absolute Gasteiger partial charge is 0.312 e. The zero-order valence-corrected chi connectivity index (χ0v) is 11.7. The number of carbonyl (C=O) groups is 2. The normalized spacial score (nSPS) is 38.4. The van der Waals surface area contributed by atoms with Gasteiger partial charge in [0, 0.05) is 24.9 Å². The van der Waals surface area contributed by atoms with E-state index in [9.17, 15) is 19.7 Å². The highest BCUT2D eigenvalue weighted by Gasteiger charge is 2.57. The Bertz CT molecular complexity index is 437. The number of cyclic esters (lactones) is 1. The number of carbonyl (C=O) groups excluding carboxylic acids is 2. The molecule has 4 atom stereocenters. The molecule has 1 saturated carbocycles. The lowest BCUT2D eigenvalue weighted by Crippen LogP contribution is -2.56. The van der Waals surface area contributed by atoms with Crippen LogP contribution in [0.2, 0.25) is 0 Å².